The van der Waals surface area contributed by atoms with Crippen molar-refractivity contribution in [1.29, 1.82) is 0 Å². The second-order valence-corrected chi connectivity index (χ2v) is 9.55. The second kappa shape index (κ2) is 9.71. The van der Waals surface area contributed by atoms with E-state index in [1.807, 2.05) is 30.3 Å². The summed E-state index contributed by atoms with van der Waals surface area (Å²) in [6.45, 7) is 2.73. The molecular weight excluding hydrogens is 476 g/mol. The van der Waals surface area contributed by atoms with Crippen molar-refractivity contribution in [2.45, 2.75) is 12.5 Å². The van der Waals surface area contributed by atoms with Crippen molar-refractivity contribution < 1.29 is 14.6 Å². The van der Waals surface area contributed by atoms with Crippen LogP contribution in [0, 0.1) is 0 Å². The number of thiophene rings is 1. The van der Waals surface area contributed by atoms with Gasteiger partial charge in [-0.2, -0.15) is 4.68 Å². The van der Waals surface area contributed by atoms with Gasteiger partial charge >= 0.3 is 0 Å². The van der Waals surface area contributed by atoms with E-state index < -0.39 is 0 Å². The fourth-order valence-corrected chi connectivity index (χ4v) is 5.12. The molecule has 1 saturated heterocycles. The Bertz CT molecular complexity index is 1370. The Morgan fingerprint density at radius 1 is 1.18 bits per heavy atom. The molecule has 10 heteroatoms. The molecule has 1 unspecified atom stereocenters. The molecule has 0 aliphatic carbocycles. The van der Waals surface area contributed by atoms with Crippen molar-refractivity contribution in [3.05, 3.63) is 63.9 Å². The van der Waals surface area contributed by atoms with Crippen LogP contribution in [0.15, 0.2) is 53.3 Å². The van der Waals surface area contributed by atoms with Gasteiger partial charge in [-0.05, 0) is 42.3 Å². The number of nitrogens with zero attached hydrogens (tertiary/aromatic N) is 4. The van der Waals surface area contributed by atoms with Crippen molar-refractivity contribution in [1.82, 2.24) is 19.9 Å². The maximum absolute atomic E-state index is 13.2. The number of benzene rings is 2. The van der Waals surface area contributed by atoms with Crippen LogP contribution >= 0.6 is 22.9 Å². The molecule has 2 aromatic heterocycles. The monoisotopic (exact) mass is 498 g/mol. The number of aliphatic hydroxyl groups excluding tert-OH is 1. The second-order valence-electron chi connectivity index (χ2n) is 8.07. The molecule has 5 rings (SSSR count). The summed E-state index contributed by atoms with van der Waals surface area (Å²) in [5.74, 6) is 1.08. The van der Waals surface area contributed by atoms with Crippen LogP contribution in [-0.4, -0.2) is 64.5 Å². The molecule has 1 aliphatic rings. The van der Waals surface area contributed by atoms with Gasteiger partial charge in [0.05, 0.1) is 18.9 Å². The lowest BCUT2D eigenvalue weighted by Crippen LogP contribution is -2.27. The highest BCUT2D eigenvalue weighted by Crippen LogP contribution is 2.32. The van der Waals surface area contributed by atoms with Crippen molar-refractivity contribution >= 4 is 33.2 Å². The van der Waals surface area contributed by atoms with Gasteiger partial charge in [0, 0.05) is 35.6 Å². The molecule has 1 fully saturated rings. The summed E-state index contributed by atoms with van der Waals surface area (Å²) in [6.07, 6.45) is 0.542. The lowest BCUT2D eigenvalue weighted by atomic mass is 10.2. The zero-order valence-electron chi connectivity index (χ0n) is 18.5. The smallest absolute Gasteiger partial charge is 0.292 e. The molecule has 176 valence electrons. The predicted molar refractivity (Wildman–Crippen MR) is 133 cm³/mol. The first-order valence-corrected chi connectivity index (χ1v) is 12.1. The van der Waals surface area contributed by atoms with E-state index >= 15 is 0 Å². The minimum Gasteiger partial charge on any atom is -0.493 e. The first-order chi connectivity index (χ1) is 16.5. The Hall–Kier alpha value is -2.98. The Morgan fingerprint density at radius 3 is 2.74 bits per heavy atom. The van der Waals surface area contributed by atoms with E-state index in [4.69, 9.17) is 21.1 Å². The normalized spacial score (nSPS) is 16.3. The van der Waals surface area contributed by atoms with E-state index in [0.717, 1.165) is 30.0 Å². The van der Waals surface area contributed by atoms with E-state index in [9.17, 15) is 9.90 Å². The van der Waals surface area contributed by atoms with Gasteiger partial charge in [-0.15, -0.1) is 16.4 Å². The van der Waals surface area contributed by atoms with Crippen LogP contribution in [0.3, 0.4) is 0 Å². The minimum atomic E-state index is -0.254. The molecule has 34 heavy (non-hydrogen) atoms. The third-order valence-corrected chi connectivity index (χ3v) is 7.19. The van der Waals surface area contributed by atoms with Gasteiger partial charge in [-0.3, -0.25) is 9.69 Å². The van der Waals surface area contributed by atoms with E-state index in [0.29, 0.717) is 45.6 Å². The number of β-amino-alcohol motifs (C(OH)–C–C–N with tert-alkyl or cyclic N) is 1. The van der Waals surface area contributed by atoms with Gasteiger partial charge in [0.15, 0.2) is 11.5 Å². The molecule has 4 aromatic rings. The predicted octanol–water partition coefficient (Wildman–Crippen LogP) is 3.62. The molecule has 1 N–H and O–H groups in total. The Morgan fingerprint density at radius 2 is 2.00 bits per heavy atom. The average molecular weight is 499 g/mol. The molecule has 0 saturated carbocycles. The van der Waals surface area contributed by atoms with Crippen molar-refractivity contribution in [2.24, 2.45) is 0 Å². The highest BCUT2D eigenvalue weighted by Gasteiger charge is 2.20. The van der Waals surface area contributed by atoms with Crippen molar-refractivity contribution in [2.75, 3.05) is 33.4 Å². The number of ether oxygens (including phenoxy) is 2. The number of methoxy groups -OCH3 is 1. The quantitative estimate of drug-likeness (QED) is 0.416. The molecule has 0 amide bonds. The topological polar surface area (TPSA) is 89.7 Å². The fourth-order valence-electron chi connectivity index (χ4n) is 3.97. The average Bonchev–Trinajstić information content (AvgIpc) is 3.47. The van der Waals surface area contributed by atoms with Crippen molar-refractivity contribution in [3.63, 3.8) is 0 Å². The molecule has 1 aliphatic heterocycles. The molecule has 0 bridgehead atoms. The maximum atomic E-state index is 13.2. The van der Waals surface area contributed by atoms with Gasteiger partial charge < -0.3 is 14.6 Å². The van der Waals surface area contributed by atoms with Gasteiger partial charge in [0.1, 0.15) is 16.8 Å². The van der Waals surface area contributed by atoms with Crippen molar-refractivity contribution in [3.8, 4) is 27.6 Å². The molecule has 1 atom stereocenters. The Labute approximate surface area is 204 Å². The van der Waals surface area contributed by atoms with Crippen LogP contribution in [0.5, 0.6) is 11.5 Å². The summed E-state index contributed by atoms with van der Waals surface area (Å²) in [4.78, 5) is 16.3. The number of fused-ring (bicyclic) bond motifs is 1. The third kappa shape index (κ3) is 4.65. The highest BCUT2D eigenvalue weighted by molar-refractivity contribution is 7.22. The van der Waals surface area contributed by atoms with Gasteiger partial charge in [-0.1, -0.05) is 28.9 Å². The minimum absolute atomic E-state index is 0.251. The summed E-state index contributed by atoms with van der Waals surface area (Å²) in [7, 11) is 1.55. The number of rotatable bonds is 7. The van der Waals surface area contributed by atoms with Crippen LogP contribution in [0.25, 0.3) is 26.3 Å². The van der Waals surface area contributed by atoms with E-state index in [1.54, 1.807) is 25.3 Å². The number of aromatic nitrogens is 3. The standard InChI is InChI=1S/C24H23ClN4O4S/c1-32-21-12-17(6-7-20(21)33-11-10-28-9-8-18(30)14-28)29-24(31)23-19(26-27-29)13-22(34-23)15-2-4-16(25)5-3-15/h2-7,12-13,18,30H,8-11,14H2,1H3. The summed E-state index contributed by atoms with van der Waals surface area (Å²) < 4.78 is 13.2. The largest absolute Gasteiger partial charge is 0.493 e. The summed E-state index contributed by atoms with van der Waals surface area (Å²) >= 11 is 7.36. The highest BCUT2D eigenvalue weighted by atomic mass is 35.5. The fraction of sp³-hybridized carbons (Fsp3) is 0.292. The SMILES string of the molecule is COc1cc(-n2nnc3cc(-c4ccc(Cl)cc4)sc3c2=O)ccc1OCCN1CCC(O)C1. The van der Waals surface area contributed by atoms with Crippen LogP contribution < -0.4 is 15.0 Å². The van der Waals surface area contributed by atoms with Gasteiger partial charge in [0.25, 0.3) is 5.56 Å². The van der Waals surface area contributed by atoms with E-state index in [1.165, 1.54) is 16.0 Å². The Kier molecular flexibility index (Phi) is 6.51. The third-order valence-electron chi connectivity index (χ3n) is 5.77. The van der Waals surface area contributed by atoms with Crippen LogP contribution in [-0.2, 0) is 0 Å². The van der Waals surface area contributed by atoms with E-state index in [2.05, 4.69) is 15.2 Å². The first-order valence-electron chi connectivity index (χ1n) is 10.9. The van der Waals surface area contributed by atoms with Gasteiger partial charge in [-0.25, -0.2) is 0 Å². The number of likely N-dealkylation sites (tertiary alicyclic amines) is 1. The number of aliphatic hydroxyl groups is 1. The van der Waals surface area contributed by atoms with E-state index in [-0.39, 0.29) is 11.7 Å². The maximum Gasteiger partial charge on any atom is 0.292 e. The molecule has 0 radical (unpaired) electrons. The number of halogens is 1. The zero-order valence-corrected chi connectivity index (χ0v) is 20.1. The number of hydrogen-bond acceptors (Lipinski definition) is 8. The Balaban J connectivity index is 1.38. The summed E-state index contributed by atoms with van der Waals surface area (Å²) in [5.41, 5.74) is 1.80. The molecular formula is C24H23ClN4O4S. The summed E-state index contributed by atoms with van der Waals surface area (Å²) in [6, 6.07) is 14.5. The van der Waals surface area contributed by atoms with Crippen LogP contribution in [0.2, 0.25) is 5.02 Å². The zero-order chi connectivity index (χ0) is 23.7. The molecule has 8 nitrogen and oxygen atoms in total. The van der Waals surface area contributed by atoms with Gasteiger partial charge in [0.2, 0.25) is 0 Å². The van der Waals surface area contributed by atoms with Crippen LogP contribution in [0.4, 0.5) is 0 Å². The lowest BCUT2D eigenvalue weighted by molar-refractivity contribution is 0.166. The molecule has 0 spiro atoms. The number of hydrogen-bond donors (Lipinski definition) is 1. The lowest BCUT2D eigenvalue weighted by Gasteiger charge is -2.17. The van der Waals surface area contributed by atoms with Crippen LogP contribution in [0.1, 0.15) is 6.42 Å². The first kappa shape index (κ1) is 22.8. The molecule has 3 heterocycles. The molecule has 2 aromatic carbocycles. The summed E-state index contributed by atoms with van der Waals surface area (Å²) in [5, 5.41) is 18.7.